The van der Waals surface area contributed by atoms with Crippen molar-refractivity contribution in [2.45, 2.75) is 101 Å². The van der Waals surface area contributed by atoms with E-state index in [2.05, 4.69) is 10.6 Å². The molecular weight excluding hydrogens is 596 g/mol. The Morgan fingerprint density at radius 3 is 2.63 bits per heavy atom. The number of unbranched alkanes of at least 4 members (excludes halogenated alkanes) is 4. The molecule has 13 heteroatoms. The summed E-state index contributed by atoms with van der Waals surface area (Å²) in [5.74, 6) is -1.51. The van der Waals surface area contributed by atoms with Crippen LogP contribution in [0.4, 0.5) is 0 Å². The third kappa shape index (κ3) is 10.5. The SMILES string of the molecule is CC(=O)[C@H](C)/C=C/C[C@H]1CO[C@@H]([C@H](O)/C(C)=C/C(=O)OCCCCCCCC(=O)NC2C(=O)NC3=CSSC32)[C@H](O)[C@@H]1O. The number of hydrogen-bond acceptors (Lipinski definition) is 11. The van der Waals surface area contributed by atoms with Gasteiger partial charge in [-0.05, 0) is 38.7 Å². The summed E-state index contributed by atoms with van der Waals surface area (Å²) in [4.78, 5) is 47.9. The van der Waals surface area contributed by atoms with Crippen LogP contribution in [-0.4, -0.2) is 87.8 Å². The maximum absolute atomic E-state index is 12.3. The molecule has 0 spiro atoms. The van der Waals surface area contributed by atoms with Crippen LogP contribution in [0.2, 0.25) is 0 Å². The van der Waals surface area contributed by atoms with Crippen LogP contribution < -0.4 is 10.6 Å². The van der Waals surface area contributed by atoms with Crippen LogP contribution in [-0.2, 0) is 28.7 Å². The minimum atomic E-state index is -1.35. The molecule has 2 saturated heterocycles. The number of esters is 1. The summed E-state index contributed by atoms with van der Waals surface area (Å²) in [6.07, 6.45) is 4.46. The molecule has 240 valence electrons. The summed E-state index contributed by atoms with van der Waals surface area (Å²) >= 11 is 0. The van der Waals surface area contributed by atoms with Crippen molar-refractivity contribution in [2.75, 3.05) is 13.2 Å². The largest absolute Gasteiger partial charge is 0.463 e. The number of fused-ring (bicyclic) bond motifs is 1. The smallest absolute Gasteiger partial charge is 0.330 e. The molecule has 2 fully saturated rings. The summed E-state index contributed by atoms with van der Waals surface area (Å²) in [5, 5.41) is 39.3. The number of aliphatic hydroxyl groups is 3. The molecule has 43 heavy (non-hydrogen) atoms. The standard InChI is InChI=1S/C30H44N2O9S2/c1-17(19(3)33)10-9-11-20-15-41-28(27(38)26(20)37)25(36)18(2)14-23(35)40-13-8-6-4-5-7-12-22(34)32-24-29-21(16-42-43-29)31-30(24)39/h9-10,14,16-17,20,24-29,36-38H,4-8,11-13,15H2,1-3H3,(H,31,39)(H,32,34)/b10-9+,18-14+/t17-,20+,24?,25-,26-,27-,28+,29?/m1/s1. The van der Waals surface area contributed by atoms with Crippen molar-refractivity contribution in [3.63, 3.8) is 0 Å². The molecule has 3 rings (SSSR count). The molecule has 3 aliphatic heterocycles. The number of Topliss-reactive ketones (excluding diaryl/α,β-unsaturated/α-hetero) is 1. The van der Waals surface area contributed by atoms with Gasteiger partial charge in [0.1, 0.15) is 30.1 Å². The fourth-order valence-corrected chi connectivity index (χ4v) is 7.57. The molecule has 0 aromatic heterocycles. The Kier molecular flexibility index (Phi) is 14.3. The number of hydrogen-bond donors (Lipinski definition) is 5. The lowest BCUT2D eigenvalue weighted by Gasteiger charge is -2.39. The summed E-state index contributed by atoms with van der Waals surface area (Å²) in [7, 11) is 3.12. The van der Waals surface area contributed by atoms with E-state index in [1.54, 1.807) is 40.7 Å². The van der Waals surface area contributed by atoms with Gasteiger partial charge >= 0.3 is 5.97 Å². The molecule has 0 aromatic rings. The predicted molar refractivity (Wildman–Crippen MR) is 164 cm³/mol. The first kappa shape index (κ1) is 35.3. The topological polar surface area (TPSA) is 171 Å². The third-order valence-corrected chi connectivity index (χ3v) is 10.3. The third-order valence-electron chi connectivity index (χ3n) is 7.90. The van der Waals surface area contributed by atoms with Gasteiger partial charge in [0.2, 0.25) is 11.8 Å². The number of ether oxygens (including phenoxy) is 2. The lowest BCUT2D eigenvalue weighted by molar-refractivity contribution is -0.187. The highest BCUT2D eigenvalue weighted by molar-refractivity contribution is 8.78. The number of rotatable bonds is 16. The molecule has 5 N–H and O–H groups in total. The molecule has 0 saturated carbocycles. The number of ketones is 1. The van der Waals surface area contributed by atoms with Crippen LogP contribution >= 0.6 is 21.6 Å². The van der Waals surface area contributed by atoms with E-state index in [1.165, 1.54) is 13.8 Å². The van der Waals surface area contributed by atoms with Crippen molar-refractivity contribution in [2.24, 2.45) is 11.8 Å². The molecule has 3 heterocycles. The van der Waals surface area contributed by atoms with Gasteiger partial charge in [-0.3, -0.25) is 14.4 Å². The Labute approximate surface area is 260 Å². The number of carbonyl (C=O) groups is 4. The number of allylic oxidation sites excluding steroid dienone is 2. The predicted octanol–water partition coefficient (Wildman–Crippen LogP) is 2.31. The average molecular weight is 641 g/mol. The highest BCUT2D eigenvalue weighted by Crippen LogP contribution is 2.43. The van der Waals surface area contributed by atoms with Crippen LogP contribution in [0.3, 0.4) is 0 Å². The van der Waals surface area contributed by atoms with Crippen LogP contribution in [0.25, 0.3) is 0 Å². The van der Waals surface area contributed by atoms with Crippen LogP contribution in [0.1, 0.15) is 65.7 Å². The van der Waals surface area contributed by atoms with Gasteiger partial charge in [0.25, 0.3) is 0 Å². The Bertz CT molecular complexity index is 1100. The monoisotopic (exact) mass is 640 g/mol. The van der Waals surface area contributed by atoms with E-state index in [-0.39, 0.29) is 47.6 Å². The second-order valence-electron chi connectivity index (χ2n) is 11.3. The molecule has 2 unspecified atom stereocenters. The zero-order valence-corrected chi connectivity index (χ0v) is 26.5. The van der Waals surface area contributed by atoms with Crippen molar-refractivity contribution >= 4 is 45.2 Å². The fraction of sp³-hybridized carbons (Fsp3) is 0.667. The minimum absolute atomic E-state index is 0.0335. The Hall–Kier alpha value is -2.16. The normalized spacial score (nSPS) is 28.7. The highest BCUT2D eigenvalue weighted by Gasteiger charge is 2.43. The Morgan fingerprint density at radius 1 is 1.16 bits per heavy atom. The van der Waals surface area contributed by atoms with Gasteiger partial charge in [0.15, 0.2) is 0 Å². The maximum atomic E-state index is 12.3. The van der Waals surface area contributed by atoms with Crippen LogP contribution in [0.15, 0.2) is 34.9 Å². The van der Waals surface area contributed by atoms with Gasteiger partial charge in [-0.1, -0.05) is 59.9 Å². The van der Waals surface area contributed by atoms with E-state index in [4.69, 9.17) is 9.47 Å². The maximum Gasteiger partial charge on any atom is 0.330 e. The van der Waals surface area contributed by atoms with Gasteiger partial charge in [-0.2, -0.15) is 0 Å². The number of aliphatic hydroxyl groups excluding tert-OH is 3. The van der Waals surface area contributed by atoms with Crippen LogP contribution in [0, 0.1) is 11.8 Å². The van der Waals surface area contributed by atoms with Gasteiger partial charge in [0.05, 0.1) is 24.6 Å². The first-order valence-electron chi connectivity index (χ1n) is 14.8. The zero-order valence-electron chi connectivity index (χ0n) is 24.9. The fourth-order valence-electron chi connectivity index (χ4n) is 4.98. The second kappa shape index (κ2) is 17.4. The van der Waals surface area contributed by atoms with Gasteiger partial charge < -0.3 is 35.4 Å². The van der Waals surface area contributed by atoms with Crippen molar-refractivity contribution in [3.05, 3.63) is 34.9 Å². The summed E-state index contributed by atoms with van der Waals surface area (Å²) in [6.45, 7) is 5.13. The Morgan fingerprint density at radius 2 is 1.88 bits per heavy atom. The van der Waals surface area contributed by atoms with Gasteiger partial charge in [0, 0.05) is 35.4 Å². The molecule has 0 bridgehead atoms. The molecule has 0 aromatic carbocycles. The lowest BCUT2D eigenvalue weighted by Crippen LogP contribution is -2.54. The molecule has 2 amide bonds. The average Bonchev–Trinajstić information content (AvgIpc) is 3.53. The van der Waals surface area contributed by atoms with Crippen LogP contribution in [0.5, 0.6) is 0 Å². The lowest BCUT2D eigenvalue weighted by atomic mass is 9.86. The molecule has 0 aliphatic carbocycles. The van der Waals surface area contributed by atoms with Crippen molar-refractivity contribution < 1.29 is 44.0 Å². The number of nitrogens with one attached hydrogen (secondary N) is 2. The van der Waals surface area contributed by atoms with Gasteiger partial charge in [-0.25, -0.2) is 4.79 Å². The number of amides is 2. The van der Waals surface area contributed by atoms with Crippen molar-refractivity contribution in [1.82, 2.24) is 10.6 Å². The molecular formula is C30H44N2O9S2. The van der Waals surface area contributed by atoms with E-state index < -0.39 is 42.3 Å². The first-order valence-corrected chi connectivity index (χ1v) is 17.1. The summed E-state index contributed by atoms with van der Waals surface area (Å²) < 4.78 is 10.9. The summed E-state index contributed by atoms with van der Waals surface area (Å²) in [6, 6.07) is -0.520. The quantitative estimate of drug-likeness (QED) is 0.0551. The van der Waals surface area contributed by atoms with Crippen molar-refractivity contribution in [1.29, 1.82) is 0 Å². The van der Waals surface area contributed by atoms with E-state index in [9.17, 15) is 34.5 Å². The Balaban J connectivity index is 1.27. The number of carbonyl (C=O) groups excluding carboxylic acids is 4. The second-order valence-corrected chi connectivity index (χ2v) is 13.6. The molecule has 11 nitrogen and oxygen atoms in total. The first-order chi connectivity index (χ1) is 20.5. The molecule has 0 radical (unpaired) electrons. The summed E-state index contributed by atoms with van der Waals surface area (Å²) in [5.41, 5.74) is 1.11. The van der Waals surface area contributed by atoms with E-state index in [1.807, 2.05) is 5.41 Å². The highest BCUT2D eigenvalue weighted by atomic mass is 33.1. The van der Waals surface area contributed by atoms with E-state index >= 15 is 0 Å². The van der Waals surface area contributed by atoms with E-state index in [0.29, 0.717) is 25.7 Å². The van der Waals surface area contributed by atoms with Gasteiger partial charge in [-0.15, -0.1) is 0 Å². The van der Waals surface area contributed by atoms with Crippen molar-refractivity contribution in [3.8, 4) is 0 Å². The molecule has 3 aliphatic rings. The van der Waals surface area contributed by atoms with E-state index in [0.717, 1.165) is 31.0 Å². The zero-order chi connectivity index (χ0) is 31.5. The minimum Gasteiger partial charge on any atom is -0.463 e. The molecule has 8 atom stereocenters.